The molecule has 2 aromatic heterocycles. The summed E-state index contributed by atoms with van der Waals surface area (Å²) in [4.78, 5) is 12.6. The van der Waals surface area contributed by atoms with Crippen LogP contribution in [0, 0.1) is 6.92 Å². The molecule has 3 aromatic rings. The third kappa shape index (κ3) is 4.40. The number of fused-ring (bicyclic) bond motifs is 1. The van der Waals surface area contributed by atoms with Crippen LogP contribution >= 0.6 is 0 Å². The van der Waals surface area contributed by atoms with Crippen LogP contribution in [0.2, 0.25) is 0 Å². The smallest absolute Gasteiger partial charge is 0.240 e. The molecule has 29 heavy (non-hydrogen) atoms. The average molecular weight is 391 g/mol. The monoisotopic (exact) mass is 390 g/mol. The average Bonchev–Trinajstić information content (AvgIpc) is 3.34. The number of para-hydroxylation sites is 1. The molecule has 1 fully saturated rings. The predicted octanol–water partition coefficient (Wildman–Crippen LogP) is 3.24. The van der Waals surface area contributed by atoms with Gasteiger partial charge in [-0.15, -0.1) is 0 Å². The fraction of sp³-hybridized carbons (Fsp3) is 0.333. The van der Waals surface area contributed by atoms with Crippen molar-refractivity contribution in [2.24, 2.45) is 7.05 Å². The van der Waals surface area contributed by atoms with Gasteiger partial charge < -0.3 is 14.6 Å². The van der Waals surface area contributed by atoms with Gasteiger partial charge in [0.25, 0.3) is 0 Å². The van der Waals surface area contributed by atoms with E-state index in [2.05, 4.69) is 53.2 Å². The minimum Gasteiger partial charge on any atom is -0.376 e. The van der Waals surface area contributed by atoms with Crippen molar-refractivity contribution in [3.63, 3.8) is 0 Å². The number of nitrogens with zero attached hydrogens (tertiary/aromatic N) is 2. The molecule has 5 nitrogen and oxygen atoms in total. The topological polar surface area (TPSA) is 47.1 Å². The van der Waals surface area contributed by atoms with Crippen LogP contribution < -0.4 is 9.88 Å². The van der Waals surface area contributed by atoms with Gasteiger partial charge in [0, 0.05) is 47.4 Å². The minimum absolute atomic E-state index is 0.0236. The van der Waals surface area contributed by atoms with Crippen molar-refractivity contribution in [2.45, 2.75) is 32.4 Å². The maximum absolute atomic E-state index is 12.6. The first-order valence-corrected chi connectivity index (χ1v) is 10.2. The van der Waals surface area contributed by atoms with Gasteiger partial charge in [-0.25, -0.2) is 4.57 Å². The molecule has 1 aliphatic heterocycles. The lowest BCUT2D eigenvalue weighted by Gasteiger charge is -2.12. The van der Waals surface area contributed by atoms with Crippen molar-refractivity contribution in [2.75, 3.05) is 13.2 Å². The molecule has 5 heteroatoms. The second-order valence-electron chi connectivity index (χ2n) is 7.67. The summed E-state index contributed by atoms with van der Waals surface area (Å²) >= 11 is 0. The summed E-state index contributed by atoms with van der Waals surface area (Å²) in [7, 11) is 2.01. The van der Waals surface area contributed by atoms with E-state index in [1.807, 2.05) is 36.1 Å². The van der Waals surface area contributed by atoms with Gasteiger partial charge in [-0.3, -0.25) is 4.79 Å². The van der Waals surface area contributed by atoms with Crippen molar-refractivity contribution < 1.29 is 14.1 Å². The van der Waals surface area contributed by atoms with Crippen LogP contribution in [0.15, 0.2) is 48.8 Å². The number of rotatable bonds is 6. The second kappa shape index (κ2) is 8.62. The molecule has 0 saturated carbocycles. The molecule has 0 aliphatic carbocycles. The highest BCUT2D eigenvalue weighted by atomic mass is 16.5. The Bertz CT molecular complexity index is 1030. The maximum Gasteiger partial charge on any atom is 0.240 e. The lowest BCUT2D eigenvalue weighted by atomic mass is 10.1. The van der Waals surface area contributed by atoms with E-state index in [4.69, 9.17) is 4.74 Å². The Labute approximate surface area is 171 Å². The van der Waals surface area contributed by atoms with E-state index in [1.165, 1.54) is 0 Å². The highest BCUT2D eigenvalue weighted by Crippen LogP contribution is 2.27. The zero-order chi connectivity index (χ0) is 20.2. The molecule has 1 saturated heterocycles. The van der Waals surface area contributed by atoms with Gasteiger partial charge in [0.05, 0.1) is 6.10 Å². The Morgan fingerprint density at radius 3 is 2.79 bits per heavy atom. The standard InChI is InChI=1S/C24H27N3O2/c1-18-21(10-9-19-11-13-26(2)14-12-19)22-7-3-4-8-23(22)27(18)17-24(28)25-16-20-6-5-15-29-20/h3-4,7-14,20H,5-6,15-17H2,1-2H3/p+1. The number of benzene rings is 1. The van der Waals surface area contributed by atoms with E-state index in [1.54, 1.807) is 0 Å². The van der Waals surface area contributed by atoms with Gasteiger partial charge in [0.2, 0.25) is 5.91 Å². The summed E-state index contributed by atoms with van der Waals surface area (Å²) in [6, 6.07) is 12.4. The lowest BCUT2D eigenvalue weighted by molar-refractivity contribution is -0.671. The molecule has 1 unspecified atom stereocenters. The first-order chi connectivity index (χ1) is 14.1. The molecule has 4 rings (SSSR count). The molecule has 1 atom stereocenters. The predicted molar refractivity (Wildman–Crippen MR) is 115 cm³/mol. The van der Waals surface area contributed by atoms with Crippen LogP contribution in [-0.2, 0) is 23.1 Å². The van der Waals surface area contributed by atoms with Gasteiger partial charge in [-0.1, -0.05) is 30.4 Å². The molecule has 150 valence electrons. The van der Waals surface area contributed by atoms with Crippen LogP contribution in [-0.4, -0.2) is 29.7 Å². The number of hydrogen-bond donors (Lipinski definition) is 1. The number of amides is 1. The Morgan fingerprint density at radius 2 is 2.03 bits per heavy atom. The fourth-order valence-electron chi connectivity index (χ4n) is 3.91. The molecular weight excluding hydrogens is 362 g/mol. The summed E-state index contributed by atoms with van der Waals surface area (Å²) < 4.78 is 9.72. The third-order valence-electron chi connectivity index (χ3n) is 5.58. The zero-order valence-corrected chi connectivity index (χ0v) is 17.1. The molecule has 1 amide bonds. The Morgan fingerprint density at radius 1 is 1.24 bits per heavy atom. The Kier molecular flexibility index (Phi) is 5.76. The molecule has 0 bridgehead atoms. The van der Waals surface area contributed by atoms with Gasteiger partial charge in [-0.05, 0) is 31.4 Å². The molecule has 0 spiro atoms. The fourth-order valence-corrected chi connectivity index (χ4v) is 3.91. The summed E-state index contributed by atoms with van der Waals surface area (Å²) in [5, 5.41) is 4.19. The van der Waals surface area contributed by atoms with Gasteiger partial charge in [0.15, 0.2) is 12.4 Å². The Balaban J connectivity index is 1.57. The first kappa shape index (κ1) is 19.4. The lowest BCUT2D eigenvalue weighted by Crippen LogP contribution is -2.34. The summed E-state index contributed by atoms with van der Waals surface area (Å²) in [6.45, 7) is 3.79. The number of aromatic nitrogens is 2. The summed E-state index contributed by atoms with van der Waals surface area (Å²) in [5.41, 5.74) is 4.47. The van der Waals surface area contributed by atoms with Gasteiger partial charge in [-0.2, -0.15) is 0 Å². The number of hydrogen-bond acceptors (Lipinski definition) is 2. The van der Waals surface area contributed by atoms with Crippen molar-refractivity contribution >= 4 is 29.0 Å². The largest absolute Gasteiger partial charge is 0.376 e. The van der Waals surface area contributed by atoms with Crippen molar-refractivity contribution in [3.05, 3.63) is 65.6 Å². The molecule has 1 N–H and O–H groups in total. The number of aryl methyl sites for hydroxylation is 1. The van der Waals surface area contributed by atoms with Crippen LogP contribution in [0.25, 0.3) is 23.1 Å². The van der Waals surface area contributed by atoms with E-state index < -0.39 is 0 Å². The van der Waals surface area contributed by atoms with Crippen molar-refractivity contribution in [1.29, 1.82) is 0 Å². The zero-order valence-electron chi connectivity index (χ0n) is 17.1. The number of carbonyl (C=O) groups excluding carboxylic acids is 1. The summed E-state index contributed by atoms with van der Waals surface area (Å²) in [6.07, 6.45) is 10.6. The van der Waals surface area contributed by atoms with E-state index in [0.29, 0.717) is 13.1 Å². The summed E-state index contributed by atoms with van der Waals surface area (Å²) in [5.74, 6) is 0.0236. The van der Waals surface area contributed by atoms with Crippen molar-refractivity contribution in [1.82, 2.24) is 9.88 Å². The molecule has 0 radical (unpaired) electrons. The van der Waals surface area contributed by atoms with E-state index >= 15 is 0 Å². The second-order valence-corrected chi connectivity index (χ2v) is 7.67. The van der Waals surface area contributed by atoms with E-state index in [-0.39, 0.29) is 12.0 Å². The van der Waals surface area contributed by atoms with Crippen LogP contribution in [0.3, 0.4) is 0 Å². The van der Waals surface area contributed by atoms with Crippen LogP contribution in [0.1, 0.15) is 29.7 Å². The van der Waals surface area contributed by atoms with Crippen LogP contribution in [0.4, 0.5) is 0 Å². The number of nitrogens with one attached hydrogen (secondary N) is 1. The molecular formula is C24H28N3O2+. The number of carbonyl (C=O) groups is 1. The van der Waals surface area contributed by atoms with Crippen molar-refractivity contribution in [3.8, 4) is 0 Å². The van der Waals surface area contributed by atoms with Gasteiger partial charge in [0.1, 0.15) is 13.6 Å². The quantitative estimate of drug-likeness (QED) is 0.657. The highest BCUT2D eigenvalue weighted by molar-refractivity contribution is 5.94. The number of ether oxygens (including phenoxy) is 1. The maximum atomic E-state index is 12.6. The normalized spacial score (nSPS) is 16.7. The minimum atomic E-state index is 0.0236. The SMILES string of the molecule is Cc1c(/C=C/c2cc[n+](C)cc2)c2ccccc2n1CC(=O)NCC1CCCO1. The third-order valence-corrected chi connectivity index (χ3v) is 5.58. The molecule has 3 heterocycles. The molecule has 1 aromatic carbocycles. The Hall–Kier alpha value is -2.92. The molecule has 1 aliphatic rings. The van der Waals surface area contributed by atoms with E-state index in [0.717, 1.165) is 47.2 Å². The van der Waals surface area contributed by atoms with Gasteiger partial charge >= 0.3 is 0 Å². The van der Waals surface area contributed by atoms with Crippen LogP contribution in [0.5, 0.6) is 0 Å². The number of pyridine rings is 1. The highest BCUT2D eigenvalue weighted by Gasteiger charge is 2.18. The first-order valence-electron chi connectivity index (χ1n) is 10.2. The van der Waals surface area contributed by atoms with E-state index in [9.17, 15) is 4.79 Å².